The Hall–Kier alpha value is -1.31. The van der Waals surface area contributed by atoms with Gasteiger partial charge in [0.1, 0.15) is 0 Å². The fourth-order valence-corrected chi connectivity index (χ4v) is 2.82. The lowest BCUT2D eigenvalue weighted by Crippen LogP contribution is -2.36. The maximum Gasteiger partial charge on any atom is 0.222 e. The van der Waals surface area contributed by atoms with E-state index in [0.717, 1.165) is 32.2 Å². The average Bonchev–Trinajstić information content (AvgIpc) is 2.85. The molecule has 1 aromatic rings. The van der Waals surface area contributed by atoms with Crippen molar-refractivity contribution in [3.8, 4) is 0 Å². The normalized spacial score (nSPS) is 19.1. The highest BCUT2D eigenvalue weighted by Crippen LogP contribution is 2.22. The maximum absolute atomic E-state index is 12.3. The number of likely N-dealkylation sites (tertiary alicyclic amines) is 1. The zero-order chi connectivity index (χ0) is 13.7. The van der Waals surface area contributed by atoms with Crippen LogP contribution in [0.4, 0.5) is 0 Å². The van der Waals surface area contributed by atoms with E-state index in [1.165, 1.54) is 5.56 Å². The molecule has 0 aliphatic carbocycles. The van der Waals surface area contributed by atoms with Crippen LogP contribution >= 0.6 is 0 Å². The Labute approximate surface area is 116 Å². The Morgan fingerprint density at radius 1 is 1.32 bits per heavy atom. The second-order valence-corrected chi connectivity index (χ2v) is 6.01. The SMILES string of the molecule is CC(C)CCC(=O)N1CCCC1Cc1ccccc1. The molecule has 0 spiro atoms. The molecule has 1 aliphatic heterocycles. The summed E-state index contributed by atoms with van der Waals surface area (Å²) in [6.07, 6.45) is 5.04. The van der Waals surface area contributed by atoms with Gasteiger partial charge in [-0.1, -0.05) is 44.2 Å². The molecule has 1 unspecified atom stereocenters. The largest absolute Gasteiger partial charge is 0.339 e. The van der Waals surface area contributed by atoms with E-state index in [-0.39, 0.29) is 0 Å². The summed E-state index contributed by atoms with van der Waals surface area (Å²) in [6.45, 7) is 5.31. The Morgan fingerprint density at radius 3 is 2.74 bits per heavy atom. The van der Waals surface area contributed by atoms with Crippen molar-refractivity contribution in [2.75, 3.05) is 6.54 Å². The van der Waals surface area contributed by atoms with Gasteiger partial charge in [0.2, 0.25) is 5.91 Å². The molecular formula is C17H25NO. The fourth-order valence-electron chi connectivity index (χ4n) is 2.82. The molecule has 0 saturated carbocycles. The molecule has 1 atom stereocenters. The molecule has 0 N–H and O–H groups in total. The highest BCUT2D eigenvalue weighted by Gasteiger charge is 2.28. The Kier molecular flexibility index (Phi) is 5.00. The minimum Gasteiger partial charge on any atom is -0.339 e. The van der Waals surface area contributed by atoms with Gasteiger partial charge in [-0.2, -0.15) is 0 Å². The zero-order valence-corrected chi connectivity index (χ0v) is 12.1. The quantitative estimate of drug-likeness (QED) is 0.790. The summed E-state index contributed by atoms with van der Waals surface area (Å²) in [6, 6.07) is 10.9. The molecule has 1 saturated heterocycles. The summed E-state index contributed by atoms with van der Waals surface area (Å²) in [5.74, 6) is 0.964. The topological polar surface area (TPSA) is 20.3 Å². The highest BCUT2D eigenvalue weighted by molar-refractivity contribution is 5.76. The van der Waals surface area contributed by atoms with Crippen molar-refractivity contribution in [2.45, 2.75) is 52.0 Å². The number of hydrogen-bond donors (Lipinski definition) is 0. The van der Waals surface area contributed by atoms with Crippen LogP contribution in [0.3, 0.4) is 0 Å². The van der Waals surface area contributed by atoms with E-state index in [1.807, 2.05) is 6.07 Å². The van der Waals surface area contributed by atoms with E-state index in [9.17, 15) is 4.79 Å². The van der Waals surface area contributed by atoms with Crippen LogP contribution in [0.25, 0.3) is 0 Å². The predicted octanol–water partition coefficient (Wildman–Crippen LogP) is 3.66. The van der Waals surface area contributed by atoms with E-state index in [2.05, 4.69) is 43.0 Å². The van der Waals surface area contributed by atoms with Crippen LogP contribution in [-0.4, -0.2) is 23.4 Å². The molecule has 19 heavy (non-hydrogen) atoms. The van der Waals surface area contributed by atoms with E-state index in [0.29, 0.717) is 24.3 Å². The van der Waals surface area contributed by atoms with Crippen molar-refractivity contribution in [1.29, 1.82) is 0 Å². The highest BCUT2D eigenvalue weighted by atomic mass is 16.2. The van der Waals surface area contributed by atoms with Crippen molar-refractivity contribution in [2.24, 2.45) is 5.92 Å². The van der Waals surface area contributed by atoms with Crippen LogP contribution in [0, 0.1) is 5.92 Å². The summed E-state index contributed by atoms with van der Waals surface area (Å²) in [5.41, 5.74) is 1.34. The fraction of sp³-hybridized carbons (Fsp3) is 0.588. The average molecular weight is 259 g/mol. The monoisotopic (exact) mass is 259 g/mol. The van der Waals surface area contributed by atoms with E-state index in [4.69, 9.17) is 0 Å². The number of rotatable bonds is 5. The number of nitrogens with zero attached hydrogens (tertiary/aromatic N) is 1. The number of benzene rings is 1. The third kappa shape index (κ3) is 4.09. The summed E-state index contributed by atoms with van der Waals surface area (Å²) in [4.78, 5) is 14.4. The smallest absolute Gasteiger partial charge is 0.222 e. The van der Waals surface area contributed by atoms with E-state index >= 15 is 0 Å². The molecule has 0 bridgehead atoms. The first-order valence-corrected chi connectivity index (χ1v) is 7.50. The number of carbonyl (C=O) groups excluding carboxylic acids is 1. The standard InChI is InChI=1S/C17H25NO/c1-14(2)10-11-17(19)18-12-6-9-16(18)13-15-7-4-3-5-8-15/h3-5,7-8,14,16H,6,9-13H2,1-2H3. The second-order valence-electron chi connectivity index (χ2n) is 6.01. The van der Waals surface area contributed by atoms with Crippen LogP contribution in [-0.2, 0) is 11.2 Å². The lowest BCUT2D eigenvalue weighted by Gasteiger charge is -2.25. The molecule has 2 rings (SSSR count). The van der Waals surface area contributed by atoms with Gasteiger partial charge in [0.15, 0.2) is 0 Å². The summed E-state index contributed by atoms with van der Waals surface area (Å²) in [7, 11) is 0. The Morgan fingerprint density at radius 2 is 2.05 bits per heavy atom. The van der Waals surface area contributed by atoms with Crippen LogP contribution in [0.5, 0.6) is 0 Å². The molecule has 1 fully saturated rings. The minimum absolute atomic E-state index is 0.354. The number of amides is 1. The molecule has 2 nitrogen and oxygen atoms in total. The van der Waals surface area contributed by atoms with Crippen molar-refractivity contribution < 1.29 is 4.79 Å². The van der Waals surface area contributed by atoms with Gasteiger partial charge in [-0.05, 0) is 37.2 Å². The van der Waals surface area contributed by atoms with Crippen molar-refractivity contribution in [3.63, 3.8) is 0 Å². The minimum atomic E-state index is 0.354. The zero-order valence-electron chi connectivity index (χ0n) is 12.1. The maximum atomic E-state index is 12.3. The van der Waals surface area contributed by atoms with Crippen LogP contribution < -0.4 is 0 Å². The van der Waals surface area contributed by atoms with Gasteiger partial charge in [0.05, 0.1) is 0 Å². The first kappa shape index (κ1) is 14.1. The molecule has 1 amide bonds. The van der Waals surface area contributed by atoms with Gasteiger partial charge in [-0.25, -0.2) is 0 Å². The number of hydrogen-bond acceptors (Lipinski definition) is 1. The van der Waals surface area contributed by atoms with Crippen LogP contribution in [0.15, 0.2) is 30.3 Å². The molecule has 1 heterocycles. The predicted molar refractivity (Wildman–Crippen MR) is 79.0 cm³/mol. The third-order valence-corrected chi connectivity index (χ3v) is 3.95. The van der Waals surface area contributed by atoms with Gasteiger partial charge in [-0.15, -0.1) is 0 Å². The lowest BCUT2D eigenvalue weighted by molar-refractivity contribution is -0.132. The van der Waals surface area contributed by atoms with Crippen LogP contribution in [0.2, 0.25) is 0 Å². The molecule has 1 aliphatic rings. The summed E-state index contributed by atoms with van der Waals surface area (Å²) < 4.78 is 0. The van der Waals surface area contributed by atoms with Crippen LogP contribution in [0.1, 0.15) is 45.1 Å². The van der Waals surface area contributed by atoms with Gasteiger partial charge in [0, 0.05) is 19.0 Å². The molecule has 104 valence electrons. The third-order valence-electron chi connectivity index (χ3n) is 3.95. The lowest BCUT2D eigenvalue weighted by atomic mass is 10.0. The van der Waals surface area contributed by atoms with E-state index in [1.54, 1.807) is 0 Å². The summed E-state index contributed by atoms with van der Waals surface area (Å²) in [5, 5.41) is 0. The summed E-state index contributed by atoms with van der Waals surface area (Å²) >= 11 is 0. The second kappa shape index (κ2) is 6.74. The van der Waals surface area contributed by atoms with Crippen molar-refractivity contribution >= 4 is 5.91 Å². The first-order chi connectivity index (χ1) is 9.16. The molecule has 2 heteroatoms. The molecule has 1 aromatic carbocycles. The Balaban J connectivity index is 1.91. The van der Waals surface area contributed by atoms with Crippen molar-refractivity contribution in [1.82, 2.24) is 4.90 Å². The van der Waals surface area contributed by atoms with Gasteiger partial charge in [0.25, 0.3) is 0 Å². The Bertz CT molecular complexity index is 399. The molecular weight excluding hydrogens is 234 g/mol. The van der Waals surface area contributed by atoms with Gasteiger partial charge >= 0.3 is 0 Å². The van der Waals surface area contributed by atoms with Gasteiger partial charge in [-0.3, -0.25) is 4.79 Å². The first-order valence-electron chi connectivity index (χ1n) is 7.50. The molecule has 0 aromatic heterocycles. The van der Waals surface area contributed by atoms with Crippen molar-refractivity contribution in [3.05, 3.63) is 35.9 Å². The van der Waals surface area contributed by atoms with E-state index < -0.39 is 0 Å². The molecule has 0 radical (unpaired) electrons. The van der Waals surface area contributed by atoms with Gasteiger partial charge < -0.3 is 4.90 Å². The number of carbonyl (C=O) groups is 1.